The zero-order valence-corrected chi connectivity index (χ0v) is 10.7. The highest BCUT2D eigenvalue weighted by Gasteiger charge is 2.35. The molecular formula is C13H8F6N2O. The fourth-order valence-corrected chi connectivity index (χ4v) is 1.80. The lowest BCUT2D eigenvalue weighted by atomic mass is 10.0. The number of benzene rings is 1. The zero-order chi connectivity index (χ0) is 16.5. The highest BCUT2D eigenvalue weighted by atomic mass is 19.4. The molecule has 118 valence electrons. The van der Waals surface area contributed by atoms with Crippen molar-refractivity contribution in [2.24, 2.45) is 0 Å². The van der Waals surface area contributed by atoms with Crippen molar-refractivity contribution in [3.63, 3.8) is 0 Å². The van der Waals surface area contributed by atoms with Gasteiger partial charge >= 0.3 is 12.5 Å². The molecule has 2 rings (SSSR count). The number of aromatic nitrogens is 1. The number of hydrogen-bond donors (Lipinski definition) is 1. The van der Waals surface area contributed by atoms with Crippen LogP contribution in [0.4, 0.5) is 32.2 Å². The van der Waals surface area contributed by atoms with Crippen molar-refractivity contribution in [3.8, 4) is 16.9 Å². The second kappa shape index (κ2) is 5.39. The van der Waals surface area contributed by atoms with E-state index in [2.05, 4.69) is 9.72 Å². The smallest absolute Gasteiger partial charge is 0.406 e. The minimum atomic E-state index is -4.94. The van der Waals surface area contributed by atoms with Gasteiger partial charge in [0.1, 0.15) is 11.6 Å². The topological polar surface area (TPSA) is 48.1 Å². The highest BCUT2D eigenvalue weighted by molar-refractivity contribution is 5.69. The summed E-state index contributed by atoms with van der Waals surface area (Å²) < 4.78 is 79.2. The van der Waals surface area contributed by atoms with Gasteiger partial charge in [-0.1, -0.05) is 12.1 Å². The van der Waals surface area contributed by atoms with E-state index < -0.39 is 29.4 Å². The van der Waals surface area contributed by atoms with Crippen molar-refractivity contribution in [2.75, 3.05) is 5.73 Å². The summed E-state index contributed by atoms with van der Waals surface area (Å²) in [7, 11) is 0. The molecule has 0 saturated carbocycles. The number of halogens is 6. The van der Waals surface area contributed by atoms with Crippen LogP contribution in [0.1, 0.15) is 5.56 Å². The Balaban J connectivity index is 2.51. The van der Waals surface area contributed by atoms with E-state index in [0.29, 0.717) is 6.07 Å². The van der Waals surface area contributed by atoms with Crippen LogP contribution in [0.5, 0.6) is 5.75 Å². The molecule has 0 aliphatic heterocycles. The lowest BCUT2D eigenvalue weighted by molar-refractivity contribution is -0.274. The van der Waals surface area contributed by atoms with Crippen LogP contribution in [-0.4, -0.2) is 11.3 Å². The van der Waals surface area contributed by atoms with Crippen LogP contribution in [0, 0.1) is 0 Å². The molecule has 0 radical (unpaired) electrons. The van der Waals surface area contributed by atoms with Crippen LogP contribution in [0.3, 0.4) is 0 Å². The molecule has 0 atom stereocenters. The van der Waals surface area contributed by atoms with Gasteiger partial charge in [0.15, 0.2) is 0 Å². The molecule has 2 N–H and O–H groups in total. The number of hydrogen-bond acceptors (Lipinski definition) is 3. The number of nitrogens with zero attached hydrogens (tertiary/aromatic N) is 1. The molecule has 1 aromatic carbocycles. The van der Waals surface area contributed by atoms with Gasteiger partial charge < -0.3 is 10.5 Å². The molecule has 1 aromatic heterocycles. The quantitative estimate of drug-likeness (QED) is 0.841. The summed E-state index contributed by atoms with van der Waals surface area (Å²) in [5.74, 6) is -0.978. The SMILES string of the molecule is Nc1cc(C(F)(F)F)c(-c2cccc(OC(F)(F)F)c2)cn1. The average molecular weight is 322 g/mol. The first kappa shape index (κ1) is 15.9. The van der Waals surface area contributed by atoms with E-state index in [4.69, 9.17) is 5.73 Å². The van der Waals surface area contributed by atoms with E-state index >= 15 is 0 Å². The minimum absolute atomic E-state index is 0.124. The van der Waals surface area contributed by atoms with Crippen molar-refractivity contribution in [1.29, 1.82) is 0 Å². The largest absolute Gasteiger partial charge is 0.573 e. The van der Waals surface area contributed by atoms with E-state index in [-0.39, 0.29) is 11.4 Å². The van der Waals surface area contributed by atoms with Crippen LogP contribution in [0.2, 0.25) is 0 Å². The first-order valence-electron chi connectivity index (χ1n) is 5.75. The molecule has 0 saturated heterocycles. The Labute approximate surface area is 120 Å². The third-order valence-corrected chi connectivity index (χ3v) is 2.61. The van der Waals surface area contributed by atoms with Gasteiger partial charge in [-0.15, -0.1) is 13.2 Å². The molecule has 0 unspecified atom stereocenters. The number of nitrogens with two attached hydrogens (primary N) is 1. The molecule has 22 heavy (non-hydrogen) atoms. The summed E-state index contributed by atoms with van der Waals surface area (Å²) in [6, 6.07) is 4.80. The van der Waals surface area contributed by atoms with E-state index in [1.807, 2.05) is 0 Å². The molecule has 0 bridgehead atoms. The van der Waals surface area contributed by atoms with Crippen LogP contribution < -0.4 is 10.5 Å². The number of ether oxygens (including phenoxy) is 1. The van der Waals surface area contributed by atoms with Crippen LogP contribution in [0.15, 0.2) is 36.5 Å². The van der Waals surface area contributed by atoms with Crippen molar-refractivity contribution in [1.82, 2.24) is 4.98 Å². The molecule has 2 aromatic rings. The monoisotopic (exact) mass is 322 g/mol. The normalized spacial score (nSPS) is 12.3. The van der Waals surface area contributed by atoms with Gasteiger partial charge in [-0.2, -0.15) is 13.2 Å². The van der Waals surface area contributed by atoms with E-state index in [1.54, 1.807) is 0 Å². The van der Waals surface area contributed by atoms with Crippen molar-refractivity contribution in [3.05, 3.63) is 42.1 Å². The summed E-state index contributed by atoms with van der Waals surface area (Å²) >= 11 is 0. The fourth-order valence-electron chi connectivity index (χ4n) is 1.80. The Morgan fingerprint density at radius 2 is 1.68 bits per heavy atom. The third kappa shape index (κ3) is 3.80. The maximum absolute atomic E-state index is 13.0. The van der Waals surface area contributed by atoms with Gasteiger partial charge in [0, 0.05) is 11.8 Å². The van der Waals surface area contributed by atoms with E-state index in [0.717, 1.165) is 24.4 Å². The Hall–Kier alpha value is -2.45. The summed E-state index contributed by atoms with van der Waals surface area (Å²) in [5, 5.41) is 0. The van der Waals surface area contributed by atoms with Gasteiger partial charge in [-0.05, 0) is 23.8 Å². The minimum Gasteiger partial charge on any atom is -0.406 e. The van der Waals surface area contributed by atoms with Crippen LogP contribution in [-0.2, 0) is 6.18 Å². The first-order valence-corrected chi connectivity index (χ1v) is 5.75. The molecule has 9 heteroatoms. The molecule has 0 aliphatic rings. The van der Waals surface area contributed by atoms with Crippen LogP contribution in [0.25, 0.3) is 11.1 Å². The summed E-state index contributed by atoms with van der Waals surface area (Å²) in [6.45, 7) is 0. The summed E-state index contributed by atoms with van der Waals surface area (Å²) in [5.41, 5.74) is 3.62. The zero-order valence-electron chi connectivity index (χ0n) is 10.7. The van der Waals surface area contributed by atoms with Crippen molar-refractivity contribution in [2.45, 2.75) is 12.5 Å². The lowest BCUT2D eigenvalue weighted by Crippen LogP contribution is -2.17. The van der Waals surface area contributed by atoms with Gasteiger partial charge in [-0.3, -0.25) is 0 Å². The van der Waals surface area contributed by atoms with E-state index in [1.165, 1.54) is 6.07 Å². The Kier molecular flexibility index (Phi) is 3.90. The van der Waals surface area contributed by atoms with Gasteiger partial charge in [0.2, 0.25) is 0 Å². The van der Waals surface area contributed by atoms with Crippen molar-refractivity contribution >= 4 is 5.82 Å². The maximum Gasteiger partial charge on any atom is 0.573 e. The lowest BCUT2D eigenvalue weighted by Gasteiger charge is -2.14. The highest BCUT2D eigenvalue weighted by Crippen LogP contribution is 2.38. The number of rotatable bonds is 2. The predicted molar refractivity (Wildman–Crippen MR) is 65.8 cm³/mol. The van der Waals surface area contributed by atoms with Gasteiger partial charge in [0.05, 0.1) is 5.56 Å². The Morgan fingerprint density at radius 1 is 1.00 bits per heavy atom. The first-order chi connectivity index (χ1) is 10.1. The summed E-state index contributed by atoms with van der Waals surface area (Å²) in [4.78, 5) is 3.55. The third-order valence-electron chi connectivity index (χ3n) is 2.61. The Morgan fingerprint density at radius 3 is 2.27 bits per heavy atom. The molecule has 0 aliphatic carbocycles. The summed E-state index contributed by atoms with van der Waals surface area (Å²) in [6.07, 6.45) is -8.82. The van der Waals surface area contributed by atoms with Gasteiger partial charge in [-0.25, -0.2) is 4.98 Å². The number of nitrogen functional groups attached to an aromatic ring is 1. The predicted octanol–water partition coefficient (Wildman–Crippen LogP) is 4.25. The second-order valence-electron chi connectivity index (χ2n) is 4.23. The average Bonchev–Trinajstić information content (AvgIpc) is 2.36. The van der Waals surface area contributed by atoms with Crippen LogP contribution >= 0.6 is 0 Å². The number of pyridine rings is 1. The molecule has 0 amide bonds. The second-order valence-corrected chi connectivity index (χ2v) is 4.23. The molecule has 0 fully saturated rings. The molecule has 0 spiro atoms. The number of anilines is 1. The standard InChI is InChI=1S/C13H8F6N2O/c14-12(15,16)10-5-11(20)21-6-9(10)7-2-1-3-8(4-7)22-13(17,18)19/h1-6H,(H2,20,21). The fraction of sp³-hybridized carbons (Fsp3) is 0.154. The molecule has 1 heterocycles. The van der Waals surface area contributed by atoms with Crippen molar-refractivity contribution < 1.29 is 31.1 Å². The Bertz CT molecular complexity index is 681. The molecule has 3 nitrogen and oxygen atoms in total. The maximum atomic E-state index is 13.0. The molecular weight excluding hydrogens is 314 g/mol. The van der Waals surface area contributed by atoms with Gasteiger partial charge in [0.25, 0.3) is 0 Å². The van der Waals surface area contributed by atoms with E-state index in [9.17, 15) is 26.3 Å². The number of alkyl halides is 6.